The number of hydrogen-bond acceptors (Lipinski definition) is 3. The van der Waals surface area contributed by atoms with Crippen molar-refractivity contribution in [2.75, 3.05) is 6.61 Å². The van der Waals surface area contributed by atoms with Gasteiger partial charge in [0.1, 0.15) is 6.61 Å². The van der Waals surface area contributed by atoms with Crippen molar-refractivity contribution in [2.45, 2.75) is 10.2 Å². The van der Waals surface area contributed by atoms with E-state index in [0.29, 0.717) is 0 Å². The van der Waals surface area contributed by atoms with E-state index in [1.165, 1.54) is 0 Å². The minimum atomic E-state index is -1.69. The number of carbonyl (C=O) groups is 2. The average Bonchev–Trinajstić information content (AvgIpc) is 1.99. The van der Waals surface area contributed by atoms with Crippen molar-refractivity contribution >= 4 is 46.7 Å². The fourth-order valence-electron chi connectivity index (χ4n) is 0.463. The second-order valence-electron chi connectivity index (χ2n) is 2.36. The second-order valence-corrected chi connectivity index (χ2v) is 4.88. The maximum absolute atomic E-state index is 10.9. The van der Waals surface area contributed by atoms with E-state index in [2.05, 4.69) is 11.3 Å². The molecule has 0 aliphatic rings. The maximum Gasteiger partial charge on any atom is 0.331 e. The first kappa shape index (κ1) is 13.5. The van der Waals surface area contributed by atoms with Crippen LogP contribution in [-0.2, 0) is 14.3 Å². The van der Waals surface area contributed by atoms with Crippen molar-refractivity contribution in [3.05, 3.63) is 12.2 Å². The van der Waals surface area contributed by atoms with Gasteiger partial charge >= 0.3 is 11.9 Å². The van der Waals surface area contributed by atoms with Crippen LogP contribution in [0.4, 0.5) is 0 Å². The molecule has 7 heteroatoms. The smallest absolute Gasteiger partial charge is 0.331 e. The largest absolute Gasteiger partial charge is 0.478 e. The van der Waals surface area contributed by atoms with Crippen LogP contribution in [0.3, 0.4) is 0 Å². The van der Waals surface area contributed by atoms with E-state index in [4.69, 9.17) is 39.9 Å². The van der Waals surface area contributed by atoms with Crippen molar-refractivity contribution in [3.63, 3.8) is 0 Å². The van der Waals surface area contributed by atoms with Crippen molar-refractivity contribution in [3.8, 4) is 0 Å². The Kier molecular flexibility index (Phi) is 5.26. The van der Waals surface area contributed by atoms with Crippen LogP contribution in [0.5, 0.6) is 0 Å². The predicted molar refractivity (Wildman–Crippen MR) is 52.6 cm³/mol. The number of carboxylic acid groups (broad SMARTS) is 1. The molecule has 0 aromatic rings. The van der Waals surface area contributed by atoms with E-state index in [0.717, 1.165) is 0 Å². The Hall–Kier alpha value is -0.450. The Morgan fingerprint density at radius 3 is 2.21 bits per heavy atom. The predicted octanol–water partition coefficient (Wildman–Crippen LogP) is 1.93. The monoisotopic (exact) mass is 260 g/mol. The number of aliphatic carboxylic acids is 1. The molecule has 80 valence electrons. The van der Waals surface area contributed by atoms with Gasteiger partial charge in [-0.25, -0.2) is 4.79 Å². The first-order chi connectivity index (χ1) is 6.22. The number of hydrogen-bond donors (Lipinski definition) is 1. The molecular weight excluding hydrogens is 254 g/mol. The lowest BCUT2D eigenvalue weighted by molar-refractivity contribution is -0.144. The minimum Gasteiger partial charge on any atom is -0.478 e. The summed E-state index contributed by atoms with van der Waals surface area (Å²) in [5.41, 5.74) is -0.278. The Morgan fingerprint density at radius 1 is 1.36 bits per heavy atom. The van der Waals surface area contributed by atoms with Crippen LogP contribution in [-0.4, -0.2) is 27.4 Å². The third kappa shape index (κ3) is 7.00. The van der Waals surface area contributed by atoms with E-state index in [1.54, 1.807) is 0 Å². The second kappa shape index (κ2) is 5.44. The molecule has 0 bridgehead atoms. The highest BCUT2D eigenvalue weighted by molar-refractivity contribution is 6.67. The first-order valence-corrected chi connectivity index (χ1v) is 4.49. The zero-order valence-corrected chi connectivity index (χ0v) is 9.19. The topological polar surface area (TPSA) is 63.6 Å². The van der Waals surface area contributed by atoms with Crippen LogP contribution < -0.4 is 0 Å². The summed E-state index contributed by atoms with van der Waals surface area (Å²) >= 11 is 15.9. The maximum atomic E-state index is 10.9. The van der Waals surface area contributed by atoms with Crippen LogP contribution in [0.1, 0.15) is 6.42 Å². The van der Waals surface area contributed by atoms with Crippen molar-refractivity contribution in [1.82, 2.24) is 0 Å². The van der Waals surface area contributed by atoms with E-state index in [-0.39, 0.29) is 5.57 Å². The van der Waals surface area contributed by atoms with Crippen LogP contribution in [0.15, 0.2) is 12.2 Å². The average molecular weight is 261 g/mol. The van der Waals surface area contributed by atoms with Crippen LogP contribution >= 0.6 is 34.8 Å². The lowest BCUT2D eigenvalue weighted by Gasteiger charge is -2.10. The first-order valence-electron chi connectivity index (χ1n) is 3.36. The SMILES string of the molecule is C=C(CC(=O)OCC(Cl)(Cl)Cl)C(=O)O. The summed E-state index contributed by atoms with van der Waals surface area (Å²) in [4.78, 5) is 21.1. The summed E-state index contributed by atoms with van der Waals surface area (Å²) in [5.74, 6) is -2.07. The van der Waals surface area contributed by atoms with E-state index < -0.39 is 28.8 Å². The van der Waals surface area contributed by atoms with E-state index in [1.807, 2.05) is 0 Å². The van der Waals surface area contributed by atoms with Gasteiger partial charge in [0.15, 0.2) is 0 Å². The highest BCUT2D eigenvalue weighted by Crippen LogP contribution is 2.26. The van der Waals surface area contributed by atoms with Gasteiger partial charge in [-0.3, -0.25) is 4.79 Å². The summed E-state index contributed by atoms with van der Waals surface area (Å²) < 4.78 is 2.77. The molecule has 0 rings (SSSR count). The van der Waals surface area contributed by atoms with Gasteiger partial charge in [0.05, 0.1) is 6.42 Å². The molecule has 0 amide bonds. The third-order valence-corrected chi connectivity index (χ3v) is 1.38. The van der Waals surface area contributed by atoms with Crippen molar-refractivity contribution in [2.24, 2.45) is 0 Å². The molecule has 0 unspecified atom stereocenters. The number of carbonyl (C=O) groups excluding carboxylic acids is 1. The number of alkyl halides is 3. The molecule has 0 aliphatic heterocycles. The number of rotatable bonds is 4. The lowest BCUT2D eigenvalue weighted by Crippen LogP contribution is -2.18. The molecule has 0 saturated carbocycles. The molecule has 0 heterocycles. The molecule has 0 aromatic carbocycles. The van der Waals surface area contributed by atoms with Gasteiger partial charge in [-0.2, -0.15) is 0 Å². The Balaban J connectivity index is 3.89. The van der Waals surface area contributed by atoms with E-state index in [9.17, 15) is 9.59 Å². The Morgan fingerprint density at radius 2 is 1.86 bits per heavy atom. The van der Waals surface area contributed by atoms with Gasteiger partial charge in [-0.15, -0.1) is 0 Å². The normalized spacial score (nSPS) is 10.8. The van der Waals surface area contributed by atoms with Gasteiger partial charge in [0.2, 0.25) is 3.79 Å². The molecule has 0 aliphatic carbocycles. The highest BCUT2D eigenvalue weighted by Gasteiger charge is 2.22. The van der Waals surface area contributed by atoms with Gasteiger partial charge < -0.3 is 9.84 Å². The highest BCUT2D eigenvalue weighted by atomic mass is 35.6. The molecule has 0 atom stereocenters. The van der Waals surface area contributed by atoms with Crippen LogP contribution in [0.2, 0.25) is 0 Å². The lowest BCUT2D eigenvalue weighted by atomic mass is 10.2. The third-order valence-electron chi connectivity index (χ3n) is 1.06. The van der Waals surface area contributed by atoms with E-state index >= 15 is 0 Å². The zero-order chi connectivity index (χ0) is 11.4. The molecule has 0 aromatic heterocycles. The quantitative estimate of drug-likeness (QED) is 0.477. The summed E-state index contributed by atoms with van der Waals surface area (Å²) in [7, 11) is 0. The van der Waals surface area contributed by atoms with Crippen LogP contribution in [0, 0.1) is 0 Å². The molecule has 1 N–H and O–H groups in total. The fourth-order valence-corrected chi connectivity index (χ4v) is 0.627. The van der Waals surface area contributed by atoms with Gasteiger partial charge in [-0.05, 0) is 0 Å². The molecule has 0 saturated heterocycles. The zero-order valence-electron chi connectivity index (χ0n) is 6.93. The molecule has 14 heavy (non-hydrogen) atoms. The molecule has 0 radical (unpaired) electrons. The number of halogens is 3. The summed E-state index contributed by atoms with van der Waals surface area (Å²) in [6.45, 7) is 2.71. The van der Waals surface area contributed by atoms with Gasteiger partial charge in [0, 0.05) is 5.57 Å². The van der Waals surface area contributed by atoms with Crippen molar-refractivity contribution < 1.29 is 19.4 Å². The van der Waals surface area contributed by atoms with Crippen molar-refractivity contribution in [1.29, 1.82) is 0 Å². The summed E-state index contributed by atoms with van der Waals surface area (Å²) in [5, 5.41) is 8.37. The van der Waals surface area contributed by atoms with Gasteiger partial charge in [-0.1, -0.05) is 41.4 Å². The summed E-state index contributed by atoms with van der Waals surface area (Å²) in [6, 6.07) is 0. The minimum absolute atomic E-state index is 0.278. The molecule has 4 nitrogen and oxygen atoms in total. The molecule has 0 spiro atoms. The summed E-state index contributed by atoms with van der Waals surface area (Å²) in [6.07, 6.45) is -0.434. The number of esters is 1. The Bertz CT molecular complexity index is 256. The van der Waals surface area contributed by atoms with Gasteiger partial charge in [0.25, 0.3) is 0 Å². The Labute approximate surface area is 95.4 Å². The molecular formula is C7H7Cl3O4. The number of carboxylic acids is 1. The van der Waals surface area contributed by atoms with Crippen LogP contribution in [0.25, 0.3) is 0 Å². The fraction of sp³-hybridized carbons (Fsp3) is 0.429. The number of ether oxygens (including phenoxy) is 1. The standard InChI is InChI=1S/C7H7Cl3O4/c1-4(6(12)13)2-5(11)14-3-7(8,9)10/h1-3H2,(H,12,13). The molecule has 0 fully saturated rings.